The molecule has 2 saturated carbocycles. The molecule has 2 aliphatic carbocycles. The average molecular weight is 180 g/mol. The van der Waals surface area contributed by atoms with Crippen molar-refractivity contribution in [1.29, 1.82) is 0 Å². The molecule has 1 nitrogen and oxygen atoms in total. The Morgan fingerprint density at radius 3 is 2.46 bits per heavy atom. The first-order valence-corrected chi connectivity index (χ1v) is 5.76. The molecule has 0 aromatic rings. The minimum atomic E-state index is 0.120. The van der Waals surface area contributed by atoms with Crippen LogP contribution in [0, 0.1) is 17.3 Å². The second-order valence-electron chi connectivity index (χ2n) is 5.06. The van der Waals surface area contributed by atoms with E-state index in [4.69, 9.17) is 0 Å². The molecule has 2 fully saturated rings. The van der Waals surface area contributed by atoms with Gasteiger partial charge >= 0.3 is 0 Å². The molecule has 0 amide bonds. The molecular formula is C12H20O. The molecule has 13 heavy (non-hydrogen) atoms. The van der Waals surface area contributed by atoms with Crippen molar-refractivity contribution < 1.29 is 4.79 Å². The third-order valence-corrected chi connectivity index (χ3v) is 4.11. The maximum Gasteiger partial charge on any atom is 0.126 e. The van der Waals surface area contributed by atoms with E-state index < -0.39 is 0 Å². The van der Waals surface area contributed by atoms with E-state index in [1.54, 1.807) is 0 Å². The summed E-state index contributed by atoms with van der Waals surface area (Å²) < 4.78 is 0. The van der Waals surface area contributed by atoms with Crippen molar-refractivity contribution in [2.45, 2.75) is 51.9 Å². The predicted molar refractivity (Wildman–Crippen MR) is 53.5 cm³/mol. The highest BCUT2D eigenvalue weighted by Crippen LogP contribution is 2.52. The van der Waals surface area contributed by atoms with E-state index in [9.17, 15) is 4.79 Å². The lowest BCUT2D eigenvalue weighted by atomic mass is 9.82. The maximum absolute atomic E-state index is 11.1. The number of carbonyl (C=O) groups excluding carboxylic acids is 1. The molecule has 0 aromatic carbocycles. The first-order chi connectivity index (χ1) is 6.29. The Bertz CT molecular complexity index is 191. The zero-order chi connectivity index (χ0) is 9.31. The van der Waals surface area contributed by atoms with Crippen molar-refractivity contribution in [3.63, 3.8) is 0 Å². The molecule has 0 spiro atoms. The van der Waals surface area contributed by atoms with Gasteiger partial charge in [0.25, 0.3) is 0 Å². The van der Waals surface area contributed by atoms with Crippen molar-refractivity contribution >= 4 is 6.29 Å². The van der Waals surface area contributed by atoms with Crippen LogP contribution in [0.15, 0.2) is 0 Å². The summed E-state index contributed by atoms with van der Waals surface area (Å²) in [6.07, 6.45) is 10.1. The van der Waals surface area contributed by atoms with Crippen LogP contribution in [0.25, 0.3) is 0 Å². The van der Waals surface area contributed by atoms with Crippen molar-refractivity contribution in [2.24, 2.45) is 17.3 Å². The highest BCUT2D eigenvalue weighted by molar-refractivity contribution is 5.60. The second kappa shape index (κ2) is 3.43. The summed E-state index contributed by atoms with van der Waals surface area (Å²) in [6, 6.07) is 0. The summed E-state index contributed by atoms with van der Waals surface area (Å²) >= 11 is 0. The van der Waals surface area contributed by atoms with E-state index in [2.05, 4.69) is 6.92 Å². The van der Waals surface area contributed by atoms with Gasteiger partial charge in [0.05, 0.1) is 0 Å². The van der Waals surface area contributed by atoms with Gasteiger partial charge in [0.1, 0.15) is 6.29 Å². The van der Waals surface area contributed by atoms with Crippen LogP contribution in [0.2, 0.25) is 0 Å². The maximum atomic E-state index is 11.1. The molecule has 2 atom stereocenters. The summed E-state index contributed by atoms with van der Waals surface area (Å²) in [7, 11) is 0. The van der Waals surface area contributed by atoms with E-state index in [-0.39, 0.29) is 5.41 Å². The molecule has 1 heteroatoms. The molecule has 2 rings (SSSR count). The normalized spacial score (nSPS) is 36.1. The smallest absolute Gasteiger partial charge is 0.126 e. The van der Waals surface area contributed by atoms with Crippen LogP contribution < -0.4 is 0 Å². The molecule has 0 aliphatic heterocycles. The first kappa shape index (κ1) is 9.23. The topological polar surface area (TPSA) is 17.1 Å². The molecule has 0 heterocycles. The van der Waals surface area contributed by atoms with Crippen molar-refractivity contribution in [2.75, 3.05) is 0 Å². The SMILES string of the molecule is CC[C@@H]1C[C@H]1CC1(C=O)CCCC1. The van der Waals surface area contributed by atoms with Gasteiger partial charge < -0.3 is 4.79 Å². The fraction of sp³-hybridized carbons (Fsp3) is 0.917. The van der Waals surface area contributed by atoms with Gasteiger partial charge in [-0.1, -0.05) is 26.2 Å². The lowest BCUT2D eigenvalue weighted by molar-refractivity contribution is -0.116. The highest BCUT2D eigenvalue weighted by atomic mass is 16.1. The molecule has 0 N–H and O–H groups in total. The fourth-order valence-electron chi connectivity index (χ4n) is 3.03. The van der Waals surface area contributed by atoms with E-state index in [0.717, 1.165) is 11.8 Å². The average Bonchev–Trinajstić information content (AvgIpc) is 2.72. The lowest BCUT2D eigenvalue weighted by Crippen LogP contribution is -2.19. The lowest BCUT2D eigenvalue weighted by Gasteiger charge is -2.21. The van der Waals surface area contributed by atoms with Gasteiger partial charge in [-0.05, 0) is 37.5 Å². The number of aldehydes is 1. The summed E-state index contributed by atoms with van der Waals surface area (Å²) in [5.41, 5.74) is 0.120. The van der Waals surface area contributed by atoms with Gasteiger partial charge in [-0.2, -0.15) is 0 Å². The summed E-state index contributed by atoms with van der Waals surface area (Å²) in [5, 5.41) is 0. The van der Waals surface area contributed by atoms with Gasteiger partial charge in [0.2, 0.25) is 0 Å². The predicted octanol–water partition coefficient (Wildman–Crippen LogP) is 3.18. The van der Waals surface area contributed by atoms with Crippen molar-refractivity contribution in [3.05, 3.63) is 0 Å². The van der Waals surface area contributed by atoms with Gasteiger partial charge in [0.15, 0.2) is 0 Å². The molecule has 0 bridgehead atoms. The zero-order valence-corrected chi connectivity index (χ0v) is 8.59. The Labute approximate surface area is 80.9 Å². The van der Waals surface area contributed by atoms with Crippen molar-refractivity contribution in [1.82, 2.24) is 0 Å². The Morgan fingerprint density at radius 2 is 2.00 bits per heavy atom. The molecular weight excluding hydrogens is 160 g/mol. The largest absolute Gasteiger partial charge is 0.303 e. The number of rotatable bonds is 4. The Hall–Kier alpha value is -0.330. The highest BCUT2D eigenvalue weighted by Gasteiger charge is 2.43. The summed E-state index contributed by atoms with van der Waals surface area (Å²) in [5.74, 6) is 1.85. The Morgan fingerprint density at radius 1 is 1.31 bits per heavy atom. The van der Waals surface area contributed by atoms with Crippen LogP contribution in [0.4, 0.5) is 0 Å². The third-order valence-electron chi connectivity index (χ3n) is 4.11. The third kappa shape index (κ3) is 1.79. The minimum absolute atomic E-state index is 0.120. The number of hydrogen-bond donors (Lipinski definition) is 0. The molecule has 2 aliphatic rings. The second-order valence-corrected chi connectivity index (χ2v) is 5.06. The fourth-order valence-corrected chi connectivity index (χ4v) is 3.03. The molecule has 0 unspecified atom stereocenters. The molecule has 0 aromatic heterocycles. The number of carbonyl (C=O) groups is 1. The van der Waals surface area contributed by atoms with E-state index >= 15 is 0 Å². The molecule has 0 saturated heterocycles. The number of hydrogen-bond acceptors (Lipinski definition) is 1. The van der Waals surface area contributed by atoms with Crippen LogP contribution in [0.5, 0.6) is 0 Å². The monoisotopic (exact) mass is 180 g/mol. The summed E-state index contributed by atoms with van der Waals surface area (Å²) in [6.45, 7) is 2.27. The van der Waals surface area contributed by atoms with Gasteiger partial charge in [-0.25, -0.2) is 0 Å². The van der Waals surface area contributed by atoms with Crippen LogP contribution in [-0.2, 0) is 4.79 Å². The van der Waals surface area contributed by atoms with Crippen LogP contribution in [0.1, 0.15) is 51.9 Å². The Balaban J connectivity index is 1.88. The van der Waals surface area contributed by atoms with E-state index in [1.165, 1.54) is 51.2 Å². The van der Waals surface area contributed by atoms with E-state index in [0.29, 0.717) is 0 Å². The van der Waals surface area contributed by atoms with Crippen molar-refractivity contribution in [3.8, 4) is 0 Å². The summed E-state index contributed by atoms with van der Waals surface area (Å²) in [4.78, 5) is 11.1. The van der Waals surface area contributed by atoms with Gasteiger partial charge in [-0.15, -0.1) is 0 Å². The molecule has 74 valence electrons. The molecule has 0 radical (unpaired) electrons. The van der Waals surface area contributed by atoms with Crippen LogP contribution >= 0.6 is 0 Å². The standard InChI is InChI=1S/C12H20O/c1-2-10-7-11(10)8-12(9-13)5-3-4-6-12/h9-11H,2-8H2,1H3/t10-,11+/m1/s1. The zero-order valence-electron chi connectivity index (χ0n) is 8.59. The first-order valence-electron chi connectivity index (χ1n) is 5.76. The van der Waals surface area contributed by atoms with E-state index in [1.807, 2.05) is 0 Å². The van der Waals surface area contributed by atoms with Gasteiger partial charge in [0, 0.05) is 5.41 Å². The van der Waals surface area contributed by atoms with Crippen LogP contribution in [-0.4, -0.2) is 6.29 Å². The van der Waals surface area contributed by atoms with Crippen LogP contribution in [0.3, 0.4) is 0 Å². The minimum Gasteiger partial charge on any atom is -0.303 e. The van der Waals surface area contributed by atoms with Gasteiger partial charge in [-0.3, -0.25) is 0 Å². The Kier molecular flexibility index (Phi) is 2.44. The quantitative estimate of drug-likeness (QED) is 0.607.